The average molecular weight is 381 g/mol. The van der Waals surface area contributed by atoms with Gasteiger partial charge >= 0.3 is 7.12 Å². The molecular formula is C20H24BN3O2S. The minimum atomic E-state index is -0.438. The fraction of sp³-hybridized carbons (Fsp3) is 0.300. The van der Waals surface area contributed by atoms with Crippen molar-refractivity contribution in [2.75, 3.05) is 5.32 Å². The quantitative estimate of drug-likeness (QED) is 0.368. The molecule has 0 radical (unpaired) electrons. The van der Waals surface area contributed by atoms with Crippen LogP contribution in [-0.2, 0) is 9.31 Å². The van der Waals surface area contributed by atoms with Crippen LogP contribution in [0, 0.1) is 0 Å². The lowest BCUT2D eigenvalue weighted by Gasteiger charge is -2.32. The van der Waals surface area contributed by atoms with E-state index >= 15 is 0 Å². The zero-order valence-electron chi connectivity index (χ0n) is 16.0. The fourth-order valence-electron chi connectivity index (χ4n) is 2.65. The van der Waals surface area contributed by atoms with Crippen molar-refractivity contribution in [1.29, 1.82) is 0 Å². The Bertz CT molecular complexity index is 824. The second-order valence-corrected chi connectivity index (χ2v) is 7.82. The van der Waals surface area contributed by atoms with Gasteiger partial charge in [0.05, 0.1) is 17.4 Å². The van der Waals surface area contributed by atoms with Crippen molar-refractivity contribution in [1.82, 2.24) is 5.43 Å². The summed E-state index contributed by atoms with van der Waals surface area (Å²) in [6.07, 6.45) is 1.72. The molecule has 1 aliphatic rings. The third kappa shape index (κ3) is 4.55. The van der Waals surface area contributed by atoms with Crippen molar-refractivity contribution >= 4 is 41.8 Å². The van der Waals surface area contributed by atoms with Crippen LogP contribution in [0.4, 0.5) is 5.69 Å². The molecule has 2 aromatic carbocycles. The Kier molecular flexibility index (Phi) is 5.65. The summed E-state index contributed by atoms with van der Waals surface area (Å²) in [4.78, 5) is 0. The first-order valence-electron chi connectivity index (χ1n) is 8.88. The standard InChI is InChI=1S/C20H24BN3O2S/c1-19(2)20(3,4)26-21(25-19)17-13-9-8-10-15(17)14-22-24-18(27)23-16-11-6-5-7-12-16/h5-14H,1-4H3,(H2,23,24,27)/b22-14+. The summed E-state index contributed by atoms with van der Waals surface area (Å²) >= 11 is 5.27. The molecular weight excluding hydrogens is 357 g/mol. The van der Waals surface area contributed by atoms with Gasteiger partial charge in [-0.2, -0.15) is 5.10 Å². The maximum absolute atomic E-state index is 6.15. The van der Waals surface area contributed by atoms with E-state index in [0.29, 0.717) is 5.11 Å². The summed E-state index contributed by atoms with van der Waals surface area (Å²) in [5, 5.41) is 7.75. The molecule has 1 saturated heterocycles. The van der Waals surface area contributed by atoms with E-state index in [1.165, 1.54) is 0 Å². The second-order valence-electron chi connectivity index (χ2n) is 7.41. The molecule has 7 heteroatoms. The van der Waals surface area contributed by atoms with Gasteiger partial charge in [-0.3, -0.25) is 5.43 Å². The number of hydrogen-bond donors (Lipinski definition) is 2. The molecule has 0 amide bonds. The first-order valence-corrected chi connectivity index (χ1v) is 9.29. The number of nitrogens with zero attached hydrogens (tertiary/aromatic N) is 1. The van der Waals surface area contributed by atoms with Crippen LogP contribution in [-0.4, -0.2) is 29.6 Å². The van der Waals surface area contributed by atoms with Gasteiger partial charge in [-0.05, 0) is 63.1 Å². The first kappa shape index (κ1) is 19.5. The van der Waals surface area contributed by atoms with Crippen molar-refractivity contribution in [3.8, 4) is 0 Å². The van der Waals surface area contributed by atoms with Gasteiger partial charge in [0.25, 0.3) is 0 Å². The van der Waals surface area contributed by atoms with E-state index < -0.39 is 7.12 Å². The van der Waals surface area contributed by atoms with Crippen LogP contribution in [0.15, 0.2) is 59.7 Å². The van der Waals surface area contributed by atoms with Crippen LogP contribution >= 0.6 is 12.2 Å². The number of thiocarbonyl (C=S) groups is 1. The van der Waals surface area contributed by atoms with Gasteiger partial charge in [0, 0.05) is 5.69 Å². The predicted molar refractivity (Wildman–Crippen MR) is 116 cm³/mol. The molecule has 27 heavy (non-hydrogen) atoms. The Morgan fingerprint density at radius 1 is 0.963 bits per heavy atom. The van der Waals surface area contributed by atoms with E-state index in [4.69, 9.17) is 21.5 Å². The lowest BCUT2D eigenvalue weighted by molar-refractivity contribution is 0.00578. The number of para-hydroxylation sites is 1. The van der Waals surface area contributed by atoms with E-state index in [2.05, 4.69) is 15.8 Å². The van der Waals surface area contributed by atoms with Crippen LogP contribution in [0.2, 0.25) is 0 Å². The molecule has 0 spiro atoms. The highest BCUT2D eigenvalue weighted by Gasteiger charge is 2.52. The third-order valence-corrected chi connectivity index (χ3v) is 5.10. The SMILES string of the molecule is CC1(C)OB(c2ccccc2/C=N/NC(=S)Nc2ccccc2)OC1(C)C. The van der Waals surface area contributed by atoms with Gasteiger partial charge in [0.15, 0.2) is 5.11 Å². The third-order valence-electron chi connectivity index (χ3n) is 4.90. The van der Waals surface area contributed by atoms with Crippen molar-refractivity contribution in [2.24, 2.45) is 5.10 Å². The van der Waals surface area contributed by atoms with Gasteiger partial charge in [-0.1, -0.05) is 42.5 Å². The van der Waals surface area contributed by atoms with E-state index in [1.807, 2.05) is 82.3 Å². The summed E-state index contributed by atoms with van der Waals surface area (Å²) in [6.45, 7) is 8.16. The number of rotatable bonds is 4. The summed E-state index contributed by atoms with van der Waals surface area (Å²) in [5.41, 5.74) is 4.81. The van der Waals surface area contributed by atoms with E-state index in [1.54, 1.807) is 6.21 Å². The van der Waals surface area contributed by atoms with Gasteiger partial charge in [0.1, 0.15) is 0 Å². The molecule has 0 aromatic heterocycles. The van der Waals surface area contributed by atoms with Crippen LogP contribution in [0.3, 0.4) is 0 Å². The number of nitrogens with one attached hydrogen (secondary N) is 2. The van der Waals surface area contributed by atoms with Gasteiger partial charge in [-0.15, -0.1) is 0 Å². The molecule has 3 rings (SSSR count). The van der Waals surface area contributed by atoms with Crippen LogP contribution in [0.25, 0.3) is 0 Å². The Labute approximate surface area is 166 Å². The topological polar surface area (TPSA) is 54.9 Å². The summed E-state index contributed by atoms with van der Waals surface area (Å²) in [5.74, 6) is 0. The summed E-state index contributed by atoms with van der Waals surface area (Å²) < 4.78 is 12.3. The molecule has 1 heterocycles. The van der Waals surface area contributed by atoms with Crippen LogP contribution in [0.5, 0.6) is 0 Å². The Morgan fingerprint density at radius 3 is 2.22 bits per heavy atom. The zero-order valence-corrected chi connectivity index (χ0v) is 16.8. The maximum atomic E-state index is 6.15. The van der Waals surface area contributed by atoms with Crippen molar-refractivity contribution < 1.29 is 9.31 Å². The molecule has 0 unspecified atom stereocenters. The Morgan fingerprint density at radius 2 is 1.56 bits per heavy atom. The molecule has 0 saturated carbocycles. The highest BCUT2D eigenvalue weighted by atomic mass is 32.1. The largest absolute Gasteiger partial charge is 0.495 e. The zero-order chi connectivity index (χ0) is 19.5. The van der Waals surface area contributed by atoms with Gasteiger partial charge in [-0.25, -0.2) is 0 Å². The van der Waals surface area contributed by atoms with Crippen LogP contribution in [0.1, 0.15) is 33.3 Å². The lowest BCUT2D eigenvalue weighted by Crippen LogP contribution is -2.41. The van der Waals surface area contributed by atoms with E-state index in [0.717, 1.165) is 16.7 Å². The van der Waals surface area contributed by atoms with Crippen molar-refractivity contribution in [3.63, 3.8) is 0 Å². The molecule has 0 bridgehead atoms. The fourth-order valence-corrected chi connectivity index (χ4v) is 2.82. The smallest absolute Gasteiger partial charge is 0.399 e. The first-order chi connectivity index (χ1) is 12.8. The number of hydrogen-bond acceptors (Lipinski definition) is 4. The summed E-state index contributed by atoms with van der Waals surface area (Å²) in [6, 6.07) is 17.6. The predicted octanol–water partition coefficient (Wildman–Crippen LogP) is 3.31. The minimum absolute atomic E-state index is 0.388. The van der Waals surface area contributed by atoms with Crippen molar-refractivity contribution in [3.05, 3.63) is 60.2 Å². The highest BCUT2D eigenvalue weighted by molar-refractivity contribution is 7.80. The number of benzene rings is 2. The molecule has 5 nitrogen and oxygen atoms in total. The van der Waals surface area contributed by atoms with E-state index in [-0.39, 0.29) is 11.2 Å². The monoisotopic (exact) mass is 381 g/mol. The minimum Gasteiger partial charge on any atom is -0.399 e. The molecule has 1 fully saturated rings. The Hall–Kier alpha value is -2.22. The maximum Gasteiger partial charge on any atom is 0.495 e. The molecule has 2 N–H and O–H groups in total. The lowest BCUT2D eigenvalue weighted by atomic mass is 9.76. The molecule has 0 atom stereocenters. The average Bonchev–Trinajstić information content (AvgIpc) is 2.84. The molecule has 140 valence electrons. The van der Waals surface area contributed by atoms with E-state index in [9.17, 15) is 0 Å². The van der Waals surface area contributed by atoms with Crippen LogP contribution < -0.4 is 16.2 Å². The van der Waals surface area contributed by atoms with Gasteiger partial charge in [0.2, 0.25) is 0 Å². The normalized spacial score (nSPS) is 17.9. The Balaban J connectivity index is 1.68. The second kappa shape index (κ2) is 7.80. The van der Waals surface area contributed by atoms with Gasteiger partial charge < -0.3 is 14.6 Å². The molecule has 1 aliphatic heterocycles. The summed E-state index contributed by atoms with van der Waals surface area (Å²) in [7, 11) is -0.438. The molecule has 2 aromatic rings. The molecule has 0 aliphatic carbocycles. The number of anilines is 1. The number of hydrazone groups is 1. The van der Waals surface area contributed by atoms with Crippen molar-refractivity contribution in [2.45, 2.75) is 38.9 Å². The highest BCUT2D eigenvalue weighted by Crippen LogP contribution is 2.36.